The average molecular weight is 374 g/mol. The van der Waals surface area contributed by atoms with Crippen LogP contribution in [-0.4, -0.2) is 52.3 Å². The van der Waals surface area contributed by atoms with Crippen LogP contribution < -0.4 is 0 Å². The third kappa shape index (κ3) is 3.36. The number of morpholine rings is 1. The third-order valence-electron chi connectivity index (χ3n) is 5.72. The van der Waals surface area contributed by atoms with Gasteiger partial charge in [-0.25, -0.2) is 9.97 Å². The van der Waals surface area contributed by atoms with Gasteiger partial charge in [-0.05, 0) is 37.6 Å². The molecule has 1 fully saturated rings. The van der Waals surface area contributed by atoms with E-state index in [1.165, 1.54) is 30.3 Å². The summed E-state index contributed by atoms with van der Waals surface area (Å²) in [4.78, 5) is 12.4. The summed E-state index contributed by atoms with van der Waals surface area (Å²) in [6, 6.07) is 16.7. The molecule has 0 amide bonds. The highest BCUT2D eigenvalue weighted by molar-refractivity contribution is 6.06. The zero-order valence-electron chi connectivity index (χ0n) is 16.2. The smallest absolute Gasteiger partial charge is 0.160 e. The normalized spacial score (nSPS) is 15.7. The van der Waals surface area contributed by atoms with Crippen LogP contribution in [0.4, 0.5) is 0 Å². The number of ether oxygens (including phenoxy) is 1. The molecule has 0 unspecified atom stereocenters. The van der Waals surface area contributed by atoms with E-state index in [0.29, 0.717) is 0 Å². The third-order valence-corrected chi connectivity index (χ3v) is 5.72. The van der Waals surface area contributed by atoms with Gasteiger partial charge in [0.25, 0.3) is 0 Å². The van der Waals surface area contributed by atoms with Crippen molar-refractivity contribution in [1.82, 2.24) is 19.4 Å². The molecule has 2 aromatic carbocycles. The van der Waals surface area contributed by atoms with Crippen LogP contribution in [0.25, 0.3) is 33.1 Å². The minimum atomic E-state index is 0.883. The van der Waals surface area contributed by atoms with Crippen molar-refractivity contribution >= 4 is 33.1 Å². The van der Waals surface area contributed by atoms with Crippen molar-refractivity contribution in [3.8, 4) is 0 Å². The Morgan fingerprint density at radius 2 is 1.50 bits per heavy atom. The second kappa shape index (κ2) is 7.86. The van der Waals surface area contributed by atoms with E-state index < -0.39 is 0 Å². The molecule has 1 saturated heterocycles. The van der Waals surface area contributed by atoms with Gasteiger partial charge in [-0.2, -0.15) is 0 Å². The van der Waals surface area contributed by atoms with Gasteiger partial charge in [-0.15, -0.1) is 0 Å². The molecule has 1 aliphatic heterocycles. The lowest BCUT2D eigenvalue weighted by Gasteiger charge is -2.26. The summed E-state index contributed by atoms with van der Waals surface area (Å²) in [6.07, 6.45) is 3.63. The van der Waals surface area contributed by atoms with Crippen molar-refractivity contribution < 1.29 is 4.74 Å². The van der Waals surface area contributed by atoms with Crippen molar-refractivity contribution in [3.05, 3.63) is 48.5 Å². The fraction of sp³-hybridized carbons (Fsp3) is 0.391. The summed E-state index contributed by atoms with van der Waals surface area (Å²) in [5.41, 5.74) is 5.19. The highest BCUT2D eigenvalue weighted by Crippen LogP contribution is 2.28. The van der Waals surface area contributed by atoms with Gasteiger partial charge in [0.1, 0.15) is 5.52 Å². The molecule has 3 heterocycles. The SMILES string of the molecule is c1ccc2nc3c(nc2c1)c1ccccc1n3CCCCCN1CCOCC1. The molecule has 0 spiro atoms. The van der Waals surface area contributed by atoms with Gasteiger partial charge in [0.05, 0.1) is 29.8 Å². The Hall–Kier alpha value is -2.50. The highest BCUT2D eigenvalue weighted by atomic mass is 16.5. The number of fused-ring (bicyclic) bond motifs is 4. The Morgan fingerprint density at radius 3 is 2.36 bits per heavy atom. The van der Waals surface area contributed by atoms with Crippen LogP contribution in [0.5, 0.6) is 0 Å². The molecule has 28 heavy (non-hydrogen) atoms. The standard InChI is InChI=1S/C23H26N4O/c1(6-12-26-14-16-28-17-15-26)7-13-27-21-11-5-2-8-18(21)22-23(27)25-20-10-4-3-9-19(20)24-22/h2-5,8-11H,1,6-7,12-17H2. The number of unbranched alkanes of at least 4 members (excludes halogenated alkanes) is 2. The van der Waals surface area contributed by atoms with Crippen LogP contribution in [-0.2, 0) is 11.3 Å². The zero-order chi connectivity index (χ0) is 18.8. The van der Waals surface area contributed by atoms with E-state index in [9.17, 15) is 0 Å². The lowest BCUT2D eigenvalue weighted by molar-refractivity contribution is 0.0371. The lowest BCUT2D eigenvalue weighted by atomic mass is 10.2. The number of benzene rings is 2. The monoisotopic (exact) mass is 374 g/mol. The Balaban J connectivity index is 1.37. The molecule has 0 saturated carbocycles. The van der Waals surface area contributed by atoms with E-state index in [1.807, 2.05) is 24.3 Å². The van der Waals surface area contributed by atoms with Gasteiger partial charge in [0.2, 0.25) is 0 Å². The molecule has 0 N–H and O–H groups in total. The largest absolute Gasteiger partial charge is 0.379 e. The Kier molecular flexibility index (Phi) is 4.93. The first-order valence-electron chi connectivity index (χ1n) is 10.3. The maximum atomic E-state index is 5.43. The number of hydrogen-bond acceptors (Lipinski definition) is 4. The molecular formula is C23H26N4O. The van der Waals surface area contributed by atoms with Crippen LogP contribution in [0.2, 0.25) is 0 Å². The van der Waals surface area contributed by atoms with Gasteiger partial charge in [-0.1, -0.05) is 36.8 Å². The van der Waals surface area contributed by atoms with Crippen LogP contribution in [0.1, 0.15) is 19.3 Å². The zero-order valence-corrected chi connectivity index (χ0v) is 16.2. The van der Waals surface area contributed by atoms with Crippen molar-refractivity contribution in [3.63, 3.8) is 0 Å². The topological polar surface area (TPSA) is 43.2 Å². The molecule has 5 rings (SSSR count). The summed E-state index contributed by atoms with van der Waals surface area (Å²) in [6.45, 7) is 6.09. The molecule has 1 aliphatic rings. The van der Waals surface area contributed by atoms with Crippen LogP contribution >= 0.6 is 0 Å². The van der Waals surface area contributed by atoms with Crippen LogP contribution in [0.15, 0.2) is 48.5 Å². The van der Waals surface area contributed by atoms with E-state index in [1.54, 1.807) is 0 Å². The predicted molar refractivity (Wildman–Crippen MR) is 114 cm³/mol. The van der Waals surface area contributed by atoms with Crippen molar-refractivity contribution in [2.75, 3.05) is 32.8 Å². The van der Waals surface area contributed by atoms with Crippen LogP contribution in [0.3, 0.4) is 0 Å². The summed E-state index contributed by atoms with van der Waals surface area (Å²) >= 11 is 0. The Labute approximate surface area is 164 Å². The molecule has 144 valence electrons. The molecule has 0 aliphatic carbocycles. The van der Waals surface area contributed by atoms with E-state index in [4.69, 9.17) is 14.7 Å². The van der Waals surface area contributed by atoms with Gasteiger partial charge < -0.3 is 9.30 Å². The van der Waals surface area contributed by atoms with Crippen LogP contribution in [0, 0.1) is 0 Å². The average Bonchev–Trinajstić information content (AvgIpc) is 3.05. The van der Waals surface area contributed by atoms with Gasteiger partial charge in [-0.3, -0.25) is 4.90 Å². The first kappa shape index (κ1) is 17.6. The predicted octanol–water partition coefficient (Wildman–Crippen LogP) is 4.24. The second-order valence-electron chi connectivity index (χ2n) is 7.57. The van der Waals surface area contributed by atoms with E-state index >= 15 is 0 Å². The quantitative estimate of drug-likeness (QED) is 0.474. The molecule has 0 bridgehead atoms. The maximum Gasteiger partial charge on any atom is 0.160 e. The molecule has 4 aromatic rings. The molecule has 0 atom stereocenters. The van der Waals surface area contributed by atoms with Gasteiger partial charge >= 0.3 is 0 Å². The van der Waals surface area contributed by atoms with Gasteiger partial charge in [0, 0.05) is 25.0 Å². The van der Waals surface area contributed by atoms with Crippen molar-refractivity contribution in [1.29, 1.82) is 0 Å². The first-order valence-corrected chi connectivity index (χ1v) is 10.3. The molecule has 5 nitrogen and oxygen atoms in total. The maximum absolute atomic E-state index is 5.43. The van der Waals surface area contributed by atoms with E-state index in [0.717, 1.165) is 61.5 Å². The van der Waals surface area contributed by atoms with E-state index in [2.05, 4.69) is 33.7 Å². The Bertz CT molecular complexity index is 1100. The minimum absolute atomic E-state index is 0.883. The molecular weight excluding hydrogens is 348 g/mol. The van der Waals surface area contributed by atoms with Crippen molar-refractivity contribution in [2.45, 2.75) is 25.8 Å². The summed E-state index contributed by atoms with van der Waals surface area (Å²) in [7, 11) is 0. The van der Waals surface area contributed by atoms with Gasteiger partial charge in [0.15, 0.2) is 5.65 Å². The number of aryl methyl sites for hydroxylation is 1. The molecule has 0 radical (unpaired) electrons. The number of para-hydroxylation sites is 3. The molecule has 2 aromatic heterocycles. The number of nitrogens with zero attached hydrogens (tertiary/aromatic N) is 4. The summed E-state index contributed by atoms with van der Waals surface area (Å²) in [5.74, 6) is 0. The first-order chi connectivity index (χ1) is 13.9. The Morgan fingerprint density at radius 1 is 0.786 bits per heavy atom. The fourth-order valence-electron chi connectivity index (χ4n) is 4.22. The summed E-state index contributed by atoms with van der Waals surface area (Å²) < 4.78 is 7.79. The van der Waals surface area contributed by atoms with E-state index in [-0.39, 0.29) is 0 Å². The lowest BCUT2D eigenvalue weighted by Crippen LogP contribution is -2.36. The number of rotatable bonds is 6. The van der Waals surface area contributed by atoms with Crippen molar-refractivity contribution in [2.24, 2.45) is 0 Å². The highest BCUT2D eigenvalue weighted by Gasteiger charge is 2.14. The number of hydrogen-bond donors (Lipinski definition) is 0. The molecule has 5 heteroatoms. The summed E-state index contributed by atoms with van der Waals surface area (Å²) in [5, 5.41) is 1.20. The second-order valence-corrected chi connectivity index (χ2v) is 7.57. The number of aromatic nitrogens is 3. The minimum Gasteiger partial charge on any atom is -0.379 e. The fourth-order valence-corrected chi connectivity index (χ4v) is 4.22.